The topological polar surface area (TPSA) is 25.0 Å². The Morgan fingerprint density at radius 1 is 1.38 bits per heavy atom. The molecule has 1 aliphatic rings. The minimum absolute atomic E-state index is 0.908. The summed E-state index contributed by atoms with van der Waals surface area (Å²) >= 11 is 0. The van der Waals surface area contributed by atoms with E-state index in [0.717, 1.165) is 17.2 Å². The van der Waals surface area contributed by atoms with E-state index in [4.69, 9.17) is 4.74 Å². The van der Waals surface area contributed by atoms with Crippen molar-refractivity contribution in [2.75, 3.05) is 7.11 Å². The number of aromatic amines is 1. The monoisotopic (exact) mass is 215 g/mol. The van der Waals surface area contributed by atoms with Crippen LogP contribution in [0.1, 0.15) is 24.8 Å². The standard InChI is InChI=1S/C14H17NO/c1-16-13-7-3-6-12-11(9-15-14(12)13)8-10-4-2-5-10/h3,6-7,9-10,15H,2,4-5,8H2,1H3. The molecule has 2 nitrogen and oxygen atoms in total. The molecule has 0 aliphatic heterocycles. The van der Waals surface area contributed by atoms with E-state index in [-0.39, 0.29) is 0 Å². The highest BCUT2D eigenvalue weighted by molar-refractivity contribution is 5.88. The molecule has 1 aliphatic carbocycles. The van der Waals surface area contributed by atoms with Crippen LogP contribution in [0.25, 0.3) is 10.9 Å². The first kappa shape index (κ1) is 9.76. The van der Waals surface area contributed by atoms with Gasteiger partial charge in [-0.05, 0) is 24.0 Å². The van der Waals surface area contributed by atoms with E-state index in [1.54, 1.807) is 7.11 Å². The number of benzene rings is 1. The third kappa shape index (κ3) is 1.49. The van der Waals surface area contributed by atoms with E-state index in [1.807, 2.05) is 6.07 Å². The van der Waals surface area contributed by atoms with Crippen LogP contribution < -0.4 is 4.74 Å². The molecule has 1 aromatic heterocycles. The summed E-state index contributed by atoms with van der Waals surface area (Å²) in [6.45, 7) is 0. The van der Waals surface area contributed by atoms with Crippen LogP contribution in [0.4, 0.5) is 0 Å². The van der Waals surface area contributed by atoms with Gasteiger partial charge in [0.1, 0.15) is 5.75 Å². The maximum Gasteiger partial charge on any atom is 0.142 e. The van der Waals surface area contributed by atoms with Crippen molar-refractivity contribution in [3.05, 3.63) is 30.0 Å². The second-order valence-corrected chi connectivity index (χ2v) is 4.70. The number of aromatic nitrogens is 1. The molecule has 1 saturated carbocycles. The zero-order valence-corrected chi connectivity index (χ0v) is 9.62. The smallest absolute Gasteiger partial charge is 0.142 e. The molecule has 2 aromatic rings. The van der Waals surface area contributed by atoms with Crippen LogP contribution in [-0.4, -0.2) is 12.1 Å². The fourth-order valence-corrected chi connectivity index (χ4v) is 2.53. The van der Waals surface area contributed by atoms with E-state index in [1.165, 1.54) is 36.6 Å². The molecular weight excluding hydrogens is 198 g/mol. The molecule has 1 aromatic carbocycles. The van der Waals surface area contributed by atoms with E-state index in [9.17, 15) is 0 Å². The lowest BCUT2D eigenvalue weighted by atomic mass is 9.81. The van der Waals surface area contributed by atoms with Gasteiger partial charge in [-0.1, -0.05) is 31.4 Å². The number of fused-ring (bicyclic) bond motifs is 1. The average molecular weight is 215 g/mol. The summed E-state index contributed by atoms with van der Waals surface area (Å²) in [7, 11) is 1.72. The van der Waals surface area contributed by atoms with E-state index >= 15 is 0 Å². The summed E-state index contributed by atoms with van der Waals surface area (Å²) in [5, 5.41) is 1.33. The molecule has 84 valence electrons. The Balaban J connectivity index is 1.99. The van der Waals surface area contributed by atoms with Crippen molar-refractivity contribution in [1.29, 1.82) is 0 Å². The number of para-hydroxylation sites is 1. The summed E-state index contributed by atoms with van der Waals surface area (Å²) in [6, 6.07) is 6.26. The largest absolute Gasteiger partial charge is 0.495 e. The molecule has 2 heteroatoms. The van der Waals surface area contributed by atoms with Gasteiger partial charge in [-0.15, -0.1) is 0 Å². The first-order chi connectivity index (χ1) is 7.88. The number of H-pyrrole nitrogens is 1. The highest BCUT2D eigenvalue weighted by Crippen LogP contribution is 2.33. The number of hydrogen-bond acceptors (Lipinski definition) is 1. The highest BCUT2D eigenvalue weighted by Gasteiger charge is 2.19. The van der Waals surface area contributed by atoms with Crippen molar-refractivity contribution >= 4 is 10.9 Å². The fraction of sp³-hybridized carbons (Fsp3) is 0.429. The zero-order valence-electron chi connectivity index (χ0n) is 9.62. The maximum absolute atomic E-state index is 5.35. The van der Waals surface area contributed by atoms with Gasteiger partial charge < -0.3 is 9.72 Å². The van der Waals surface area contributed by atoms with Crippen molar-refractivity contribution in [3.63, 3.8) is 0 Å². The van der Waals surface area contributed by atoms with Crippen LogP contribution in [0.5, 0.6) is 5.75 Å². The summed E-state index contributed by atoms with van der Waals surface area (Å²) in [5.41, 5.74) is 2.58. The van der Waals surface area contributed by atoms with Gasteiger partial charge >= 0.3 is 0 Å². The molecule has 1 N–H and O–H groups in total. The van der Waals surface area contributed by atoms with Crippen molar-refractivity contribution in [1.82, 2.24) is 4.98 Å². The Morgan fingerprint density at radius 3 is 2.94 bits per heavy atom. The Bertz CT molecular complexity index is 496. The molecule has 1 heterocycles. The average Bonchev–Trinajstić information content (AvgIpc) is 2.66. The third-order valence-electron chi connectivity index (χ3n) is 3.72. The SMILES string of the molecule is COc1cccc2c(CC3CCC3)c[nH]c12. The van der Waals surface area contributed by atoms with Crippen LogP contribution in [0.2, 0.25) is 0 Å². The third-order valence-corrected chi connectivity index (χ3v) is 3.72. The molecule has 1 fully saturated rings. The summed E-state index contributed by atoms with van der Waals surface area (Å²) in [6.07, 6.45) is 7.57. The van der Waals surface area contributed by atoms with E-state index < -0.39 is 0 Å². The van der Waals surface area contributed by atoms with E-state index in [0.29, 0.717) is 0 Å². The summed E-state index contributed by atoms with van der Waals surface area (Å²) in [5.74, 6) is 1.85. The molecule has 0 spiro atoms. The molecule has 0 bridgehead atoms. The van der Waals surface area contributed by atoms with Gasteiger partial charge in [-0.25, -0.2) is 0 Å². The second-order valence-electron chi connectivity index (χ2n) is 4.70. The first-order valence-corrected chi connectivity index (χ1v) is 6.01. The van der Waals surface area contributed by atoms with Crippen LogP contribution in [0.3, 0.4) is 0 Å². The Hall–Kier alpha value is -1.44. The lowest BCUT2D eigenvalue weighted by Gasteiger charge is -2.24. The summed E-state index contributed by atoms with van der Waals surface area (Å²) in [4.78, 5) is 3.34. The maximum atomic E-state index is 5.35. The Morgan fingerprint density at radius 2 is 2.25 bits per heavy atom. The van der Waals surface area contributed by atoms with Crippen LogP contribution >= 0.6 is 0 Å². The number of ether oxygens (including phenoxy) is 1. The van der Waals surface area contributed by atoms with Crippen LogP contribution in [0.15, 0.2) is 24.4 Å². The molecule has 0 amide bonds. The predicted octanol–water partition coefficient (Wildman–Crippen LogP) is 3.52. The normalized spacial score (nSPS) is 16.3. The highest BCUT2D eigenvalue weighted by atomic mass is 16.5. The van der Waals surface area contributed by atoms with Gasteiger partial charge in [0.15, 0.2) is 0 Å². The number of rotatable bonds is 3. The lowest BCUT2D eigenvalue weighted by Crippen LogP contribution is -2.13. The fourth-order valence-electron chi connectivity index (χ4n) is 2.53. The quantitative estimate of drug-likeness (QED) is 0.832. The van der Waals surface area contributed by atoms with Crippen molar-refractivity contribution < 1.29 is 4.74 Å². The number of methoxy groups -OCH3 is 1. The van der Waals surface area contributed by atoms with Gasteiger partial charge in [0.05, 0.1) is 12.6 Å². The van der Waals surface area contributed by atoms with Gasteiger partial charge in [0.25, 0.3) is 0 Å². The molecule has 0 radical (unpaired) electrons. The minimum Gasteiger partial charge on any atom is -0.495 e. The van der Waals surface area contributed by atoms with Gasteiger partial charge in [0.2, 0.25) is 0 Å². The Labute approximate surface area is 95.6 Å². The number of hydrogen-bond donors (Lipinski definition) is 1. The molecule has 0 atom stereocenters. The van der Waals surface area contributed by atoms with Crippen molar-refractivity contribution in [2.24, 2.45) is 5.92 Å². The van der Waals surface area contributed by atoms with E-state index in [2.05, 4.69) is 23.3 Å². The van der Waals surface area contributed by atoms with Gasteiger partial charge in [0, 0.05) is 11.6 Å². The van der Waals surface area contributed by atoms with Crippen molar-refractivity contribution in [2.45, 2.75) is 25.7 Å². The van der Waals surface area contributed by atoms with Crippen LogP contribution in [-0.2, 0) is 6.42 Å². The van der Waals surface area contributed by atoms with Crippen LogP contribution in [0, 0.1) is 5.92 Å². The van der Waals surface area contributed by atoms with Gasteiger partial charge in [-0.3, -0.25) is 0 Å². The lowest BCUT2D eigenvalue weighted by molar-refractivity contribution is 0.315. The first-order valence-electron chi connectivity index (χ1n) is 6.01. The van der Waals surface area contributed by atoms with Gasteiger partial charge in [-0.2, -0.15) is 0 Å². The minimum atomic E-state index is 0.908. The molecular formula is C14H17NO. The molecule has 16 heavy (non-hydrogen) atoms. The summed E-state index contributed by atoms with van der Waals surface area (Å²) < 4.78 is 5.35. The molecule has 3 rings (SSSR count). The number of nitrogens with one attached hydrogen (secondary N) is 1. The molecule has 0 unspecified atom stereocenters. The Kier molecular flexibility index (Phi) is 2.35. The second kappa shape index (κ2) is 3.85. The zero-order chi connectivity index (χ0) is 11.0. The molecule has 0 saturated heterocycles. The predicted molar refractivity (Wildman–Crippen MR) is 65.9 cm³/mol. The van der Waals surface area contributed by atoms with Crippen molar-refractivity contribution in [3.8, 4) is 5.75 Å².